The van der Waals surface area contributed by atoms with Crippen LogP contribution < -0.4 is 4.74 Å². The first-order valence-corrected chi connectivity index (χ1v) is 8.13. The highest BCUT2D eigenvalue weighted by Gasteiger charge is 2.35. The number of H-pyrrole nitrogens is 1. The summed E-state index contributed by atoms with van der Waals surface area (Å²) in [5.74, 6) is 1.22. The number of aromatic amines is 1. The summed E-state index contributed by atoms with van der Waals surface area (Å²) >= 11 is 0. The fourth-order valence-corrected chi connectivity index (χ4v) is 2.60. The summed E-state index contributed by atoms with van der Waals surface area (Å²) in [4.78, 5) is 17.0. The van der Waals surface area contributed by atoms with E-state index in [9.17, 15) is 4.79 Å². The van der Waals surface area contributed by atoms with Gasteiger partial charge in [0.25, 0.3) is 0 Å². The van der Waals surface area contributed by atoms with Crippen LogP contribution in [0.1, 0.15) is 25.2 Å². The molecule has 2 heterocycles. The normalized spacial score (nSPS) is 17.3. The van der Waals surface area contributed by atoms with Gasteiger partial charge in [-0.25, -0.2) is 4.98 Å². The van der Waals surface area contributed by atoms with Gasteiger partial charge in [-0.05, 0) is 37.6 Å². The van der Waals surface area contributed by atoms with Gasteiger partial charge < -0.3 is 14.2 Å². The molecule has 1 aliphatic rings. The molecule has 0 amide bonds. The lowest BCUT2D eigenvalue weighted by molar-refractivity contribution is -0.168. The molecule has 25 heavy (non-hydrogen) atoms. The first kappa shape index (κ1) is 17.3. The zero-order chi connectivity index (χ0) is 17.7. The number of nitrogens with zero attached hydrogens (tertiary/aromatic N) is 2. The van der Waals surface area contributed by atoms with Gasteiger partial charge in [0, 0.05) is 5.57 Å². The maximum absolute atomic E-state index is 12.8. The van der Waals surface area contributed by atoms with E-state index in [1.54, 1.807) is 6.08 Å². The van der Waals surface area contributed by atoms with Crippen LogP contribution in [-0.4, -0.2) is 47.6 Å². The van der Waals surface area contributed by atoms with E-state index in [0.29, 0.717) is 31.2 Å². The third-order valence-corrected chi connectivity index (χ3v) is 4.02. The van der Waals surface area contributed by atoms with Crippen molar-refractivity contribution in [3.63, 3.8) is 0 Å². The van der Waals surface area contributed by atoms with Crippen LogP contribution in [0.15, 0.2) is 36.7 Å². The Bertz CT molecular complexity index is 732. The van der Waals surface area contributed by atoms with Gasteiger partial charge in [-0.1, -0.05) is 12.1 Å². The average Bonchev–Trinajstić information content (AvgIpc) is 3.15. The van der Waals surface area contributed by atoms with Crippen LogP contribution in [0.25, 0.3) is 5.57 Å². The zero-order valence-corrected chi connectivity index (χ0v) is 14.3. The third kappa shape index (κ3) is 3.94. The Kier molecular flexibility index (Phi) is 5.25. The number of nitrogens with one attached hydrogen (secondary N) is 1. The van der Waals surface area contributed by atoms with Crippen LogP contribution in [-0.2, 0) is 14.3 Å². The monoisotopic (exact) mass is 343 g/mol. The minimum atomic E-state index is -0.714. The number of benzene rings is 1. The highest BCUT2D eigenvalue weighted by molar-refractivity contribution is 6.02. The van der Waals surface area contributed by atoms with Crippen molar-refractivity contribution in [3.8, 4) is 5.75 Å². The molecule has 1 saturated heterocycles. The zero-order valence-electron chi connectivity index (χ0n) is 14.3. The van der Waals surface area contributed by atoms with Crippen molar-refractivity contribution in [2.45, 2.75) is 13.8 Å². The summed E-state index contributed by atoms with van der Waals surface area (Å²) in [5, 5.41) is 6.71. The van der Waals surface area contributed by atoms with Crippen LogP contribution in [0, 0.1) is 5.41 Å². The first-order chi connectivity index (χ1) is 12.1. The molecule has 0 unspecified atom stereocenters. The van der Waals surface area contributed by atoms with E-state index in [2.05, 4.69) is 15.2 Å². The van der Waals surface area contributed by atoms with E-state index in [0.717, 1.165) is 11.3 Å². The molecule has 2 aromatic rings. The second kappa shape index (κ2) is 7.58. The van der Waals surface area contributed by atoms with Crippen molar-refractivity contribution < 1.29 is 19.0 Å². The quantitative estimate of drug-likeness (QED) is 0.809. The van der Waals surface area contributed by atoms with E-state index in [1.165, 1.54) is 6.33 Å². The van der Waals surface area contributed by atoms with Gasteiger partial charge in [0.1, 0.15) is 18.9 Å². The molecule has 7 nitrogen and oxygen atoms in total. The number of hydrogen-bond donors (Lipinski definition) is 1. The smallest absolute Gasteiger partial charge is 0.166 e. The summed E-state index contributed by atoms with van der Waals surface area (Å²) in [6, 6.07) is 7.51. The van der Waals surface area contributed by atoms with Gasteiger partial charge in [0.15, 0.2) is 11.6 Å². The molecule has 0 spiro atoms. The van der Waals surface area contributed by atoms with Crippen molar-refractivity contribution in [2.24, 2.45) is 5.41 Å². The maximum atomic E-state index is 12.8. The second-order valence-corrected chi connectivity index (χ2v) is 6.09. The summed E-state index contributed by atoms with van der Waals surface area (Å²) in [7, 11) is 0. The molecular formula is C18H21N3O4. The van der Waals surface area contributed by atoms with Gasteiger partial charge >= 0.3 is 0 Å². The number of carbonyl (C=O) groups is 1. The molecule has 1 aromatic heterocycles. The molecule has 0 bridgehead atoms. The Morgan fingerprint density at radius 2 is 2.04 bits per heavy atom. The number of rotatable bonds is 6. The van der Waals surface area contributed by atoms with E-state index in [4.69, 9.17) is 14.2 Å². The Morgan fingerprint density at radius 3 is 2.64 bits per heavy atom. The predicted octanol–water partition coefficient (Wildman–Crippen LogP) is 2.21. The Hall–Kier alpha value is -2.51. The predicted molar refractivity (Wildman–Crippen MR) is 91.0 cm³/mol. The Balaban J connectivity index is 1.93. The molecule has 132 valence electrons. The van der Waals surface area contributed by atoms with E-state index in [-0.39, 0.29) is 12.6 Å². The molecule has 0 atom stereocenters. The van der Waals surface area contributed by atoms with Gasteiger partial charge in [-0.2, -0.15) is 5.10 Å². The topological polar surface area (TPSA) is 86.3 Å². The van der Waals surface area contributed by atoms with Gasteiger partial charge in [-0.15, -0.1) is 0 Å². The highest BCUT2D eigenvalue weighted by Crippen LogP contribution is 2.28. The molecule has 0 saturated carbocycles. The fourth-order valence-electron chi connectivity index (χ4n) is 2.60. The van der Waals surface area contributed by atoms with E-state index < -0.39 is 5.41 Å². The SMILES string of the molecule is CCOc1ccc(C(=CC(=O)C2(C)COCOC2)c2ncn[nH]2)cc1. The molecule has 3 rings (SSSR count). The van der Waals surface area contributed by atoms with Crippen LogP contribution in [0.5, 0.6) is 5.75 Å². The fraction of sp³-hybridized carbons (Fsp3) is 0.389. The van der Waals surface area contributed by atoms with Crippen molar-refractivity contribution in [1.82, 2.24) is 15.2 Å². The summed E-state index contributed by atoms with van der Waals surface area (Å²) < 4.78 is 16.1. The minimum Gasteiger partial charge on any atom is -0.494 e. The number of ether oxygens (including phenoxy) is 3. The molecule has 7 heteroatoms. The van der Waals surface area contributed by atoms with Gasteiger partial charge in [0.05, 0.1) is 25.2 Å². The number of aromatic nitrogens is 3. The van der Waals surface area contributed by atoms with Crippen molar-refractivity contribution in [3.05, 3.63) is 48.1 Å². The molecular weight excluding hydrogens is 322 g/mol. The van der Waals surface area contributed by atoms with Crippen LogP contribution in [0.2, 0.25) is 0 Å². The number of carbonyl (C=O) groups excluding carboxylic acids is 1. The van der Waals surface area contributed by atoms with E-state index in [1.807, 2.05) is 38.1 Å². The maximum Gasteiger partial charge on any atom is 0.166 e. The molecule has 1 aliphatic heterocycles. The van der Waals surface area contributed by atoms with Crippen molar-refractivity contribution >= 4 is 11.4 Å². The van der Waals surface area contributed by atoms with E-state index >= 15 is 0 Å². The van der Waals surface area contributed by atoms with Crippen LogP contribution >= 0.6 is 0 Å². The lowest BCUT2D eigenvalue weighted by Crippen LogP contribution is -2.40. The number of hydrogen-bond acceptors (Lipinski definition) is 6. The van der Waals surface area contributed by atoms with Gasteiger partial charge in [0.2, 0.25) is 0 Å². The van der Waals surface area contributed by atoms with Gasteiger partial charge in [-0.3, -0.25) is 9.89 Å². The molecule has 0 aliphatic carbocycles. The Morgan fingerprint density at radius 1 is 1.32 bits per heavy atom. The summed E-state index contributed by atoms with van der Waals surface area (Å²) in [5.41, 5.74) is 0.793. The lowest BCUT2D eigenvalue weighted by atomic mass is 9.85. The first-order valence-electron chi connectivity index (χ1n) is 8.13. The largest absolute Gasteiger partial charge is 0.494 e. The average molecular weight is 343 g/mol. The molecule has 0 radical (unpaired) electrons. The van der Waals surface area contributed by atoms with Crippen LogP contribution in [0.4, 0.5) is 0 Å². The second-order valence-electron chi connectivity index (χ2n) is 6.09. The summed E-state index contributed by atoms with van der Waals surface area (Å²) in [6.07, 6.45) is 2.99. The van der Waals surface area contributed by atoms with Crippen molar-refractivity contribution in [1.29, 1.82) is 0 Å². The molecule has 1 aromatic carbocycles. The number of allylic oxidation sites excluding steroid dienone is 1. The highest BCUT2D eigenvalue weighted by atomic mass is 16.7. The number of ketones is 1. The lowest BCUT2D eigenvalue weighted by Gasteiger charge is -2.30. The standard InChI is InChI=1S/C18H21N3O4/c1-3-25-14-6-4-13(5-7-14)15(17-19-11-20-21-17)8-16(22)18(2)9-23-12-24-10-18/h4-8,11H,3,9-10,12H2,1-2H3,(H,19,20,21). The summed E-state index contributed by atoms with van der Waals surface area (Å²) in [6.45, 7) is 5.24. The minimum absolute atomic E-state index is 0.0764. The third-order valence-electron chi connectivity index (χ3n) is 4.02. The molecule has 1 N–H and O–H groups in total. The van der Waals surface area contributed by atoms with Crippen LogP contribution in [0.3, 0.4) is 0 Å². The van der Waals surface area contributed by atoms with Crippen molar-refractivity contribution in [2.75, 3.05) is 26.6 Å². The Labute approximate surface area is 146 Å². The molecule has 1 fully saturated rings.